The molecule has 0 radical (unpaired) electrons. The molecule has 166 valence electrons. The highest BCUT2D eigenvalue weighted by Crippen LogP contribution is 2.32. The normalized spacial score (nSPS) is 18.6. The highest BCUT2D eigenvalue weighted by molar-refractivity contribution is 7.90. The van der Waals surface area contributed by atoms with Gasteiger partial charge in [0, 0.05) is 25.8 Å². The Bertz CT molecular complexity index is 1170. The second kappa shape index (κ2) is 8.95. The van der Waals surface area contributed by atoms with Gasteiger partial charge in [0.15, 0.2) is 11.5 Å². The molecule has 2 aliphatic heterocycles. The second-order valence-corrected chi connectivity index (χ2v) is 10.5. The summed E-state index contributed by atoms with van der Waals surface area (Å²) in [6, 6.07) is 10.1. The average molecular weight is 467 g/mol. The molecule has 2 aromatic rings. The number of hydrogen-bond acceptors (Lipinski definition) is 7. The maximum atomic E-state index is 12.6. The van der Waals surface area contributed by atoms with Crippen LogP contribution < -0.4 is 14.2 Å². The highest BCUT2D eigenvalue weighted by Gasteiger charge is 2.19. The fourth-order valence-electron chi connectivity index (χ4n) is 3.25. The fourth-order valence-corrected chi connectivity index (χ4v) is 5.15. The van der Waals surface area contributed by atoms with Crippen LogP contribution in [0.5, 0.6) is 11.5 Å². The summed E-state index contributed by atoms with van der Waals surface area (Å²) >= 11 is 0. The average Bonchev–Trinajstić information content (AvgIpc) is 3.44. The maximum Gasteiger partial charge on any atom is 0.281 e. The summed E-state index contributed by atoms with van der Waals surface area (Å²) in [7, 11) is -7.74. The summed E-state index contributed by atoms with van der Waals surface area (Å²) in [6.07, 6.45) is 3.61. The van der Waals surface area contributed by atoms with Gasteiger partial charge in [-0.05, 0) is 54.8 Å². The van der Waals surface area contributed by atoms with Crippen LogP contribution in [0.25, 0.3) is 0 Å². The lowest BCUT2D eigenvalue weighted by Crippen LogP contribution is -2.23. The monoisotopic (exact) mass is 466 g/mol. The van der Waals surface area contributed by atoms with E-state index >= 15 is 0 Å². The number of ether oxygens (including phenoxy) is 3. The van der Waals surface area contributed by atoms with Crippen molar-refractivity contribution in [1.82, 2.24) is 4.72 Å². The van der Waals surface area contributed by atoms with E-state index in [0.717, 1.165) is 12.8 Å². The molecule has 0 aliphatic carbocycles. The molecule has 1 saturated heterocycles. The van der Waals surface area contributed by atoms with Crippen LogP contribution in [0, 0.1) is 0 Å². The van der Waals surface area contributed by atoms with Crippen molar-refractivity contribution in [3.63, 3.8) is 0 Å². The zero-order valence-electron chi connectivity index (χ0n) is 16.6. The van der Waals surface area contributed by atoms with Crippen molar-refractivity contribution in [2.75, 3.05) is 13.4 Å². The van der Waals surface area contributed by atoms with Crippen molar-refractivity contribution in [2.24, 2.45) is 4.40 Å². The summed E-state index contributed by atoms with van der Waals surface area (Å²) in [5.41, 5.74) is 0.701. The Morgan fingerprint density at radius 3 is 2.48 bits per heavy atom. The number of rotatable bonds is 8. The van der Waals surface area contributed by atoms with E-state index in [1.165, 1.54) is 30.5 Å². The molecule has 0 saturated carbocycles. The molecule has 2 aliphatic rings. The molecular formula is C20H22N2O7S2. The molecule has 0 bridgehead atoms. The van der Waals surface area contributed by atoms with Gasteiger partial charge in [-0.25, -0.2) is 13.1 Å². The van der Waals surface area contributed by atoms with Crippen LogP contribution >= 0.6 is 0 Å². The maximum absolute atomic E-state index is 12.6. The van der Waals surface area contributed by atoms with Crippen molar-refractivity contribution in [1.29, 1.82) is 0 Å². The first kappa shape index (κ1) is 21.8. The van der Waals surface area contributed by atoms with Gasteiger partial charge in [0.1, 0.15) is 0 Å². The Morgan fingerprint density at radius 1 is 1.00 bits per heavy atom. The van der Waals surface area contributed by atoms with Gasteiger partial charge in [-0.2, -0.15) is 12.8 Å². The zero-order valence-corrected chi connectivity index (χ0v) is 18.2. The minimum Gasteiger partial charge on any atom is -0.454 e. The van der Waals surface area contributed by atoms with Gasteiger partial charge in [0.25, 0.3) is 10.0 Å². The van der Waals surface area contributed by atoms with Gasteiger partial charge < -0.3 is 14.2 Å². The Morgan fingerprint density at radius 2 is 1.74 bits per heavy atom. The van der Waals surface area contributed by atoms with Gasteiger partial charge in [0.2, 0.25) is 16.8 Å². The molecule has 2 aromatic carbocycles. The van der Waals surface area contributed by atoms with Crippen LogP contribution in [0.1, 0.15) is 24.8 Å². The summed E-state index contributed by atoms with van der Waals surface area (Å²) in [6.45, 7) is 0.870. The predicted octanol–water partition coefficient (Wildman–Crippen LogP) is 2.22. The molecule has 1 unspecified atom stereocenters. The van der Waals surface area contributed by atoms with Gasteiger partial charge in [-0.15, -0.1) is 0 Å². The predicted molar refractivity (Wildman–Crippen MR) is 112 cm³/mol. The Balaban J connectivity index is 1.39. The van der Waals surface area contributed by atoms with Crippen LogP contribution in [0.2, 0.25) is 0 Å². The van der Waals surface area contributed by atoms with Crippen molar-refractivity contribution >= 4 is 26.3 Å². The second-order valence-electron chi connectivity index (χ2n) is 7.12. The van der Waals surface area contributed by atoms with E-state index in [0.29, 0.717) is 30.1 Å². The lowest BCUT2D eigenvalue weighted by atomic mass is 10.2. The standard InChI is InChI=1S/C20H22N2O7S2/c23-30(24,21-10-9-16-2-1-11-27-16)17-4-6-18(7-5-17)31(25,26)22-13-15-3-8-19-20(12-15)29-14-28-19/h3-8,10,12,16,22H,1-2,9,11,13-14H2. The molecule has 0 amide bonds. The minimum atomic E-state index is -3.90. The lowest BCUT2D eigenvalue weighted by Gasteiger charge is -2.08. The number of sulfonamides is 2. The number of fused-ring (bicyclic) bond motifs is 1. The SMILES string of the molecule is O=S(=O)(N=CCC1CCCO1)c1ccc(S(=O)(=O)NCc2ccc3c(c2)OCO3)cc1. The third kappa shape index (κ3) is 5.24. The number of hydrogen-bond donors (Lipinski definition) is 1. The van der Waals surface area contributed by atoms with E-state index in [9.17, 15) is 16.8 Å². The third-order valence-corrected chi connectivity index (χ3v) is 7.65. The molecule has 9 nitrogen and oxygen atoms in total. The topological polar surface area (TPSA) is 120 Å². The fraction of sp³-hybridized carbons (Fsp3) is 0.350. The Kier molecular flexibility index (Phi) is 6.28. The zero-order chi connectivity index (χ0) is 21.9. The summed E-state index contributed by atoms with van der Waals surface area (Å²) in [5, 5.41) is 0. The number of nitrogens with zero attached hydrogens (tertiary/aromatic N) is 1. The molecule has 0 aromatic heterocycles. The van der Waals surface area contributed by atoms with Crippen LogP contribution in [-0.4, -0.2) is 42.6 Å². The quantitative estimate of drug-likeness (QED) is 0.592. The number of benzene rings is 2. The Labute approximate surface area is 181 Å². The van der Waals surface area contributed by atoms with E-state index in [1.54, 1.807) is 18.2 Å². The first-order valence-electron chi connectivity index (χ1n) is 9.72. The van der Waals surface area contributed by atoms with Crippen molar-refractivity contribution in [3.05, 3.63) is 48.0 Å². The van der Waals surface area contributed by atoms with E-state index < -0.39 is 20.0 Å². The van der Waals surface area contributed by atoms with E-state index in [-0.39, 0.29) is 29.2 Å². The Hall–Kier alpha value is -2.47. The smallest absolute Gasteiger partial charge is 0.281 e. The summed E-state index contributed by atoms with van der Waals surface area (Å²) in [4.78, 5) is -0.124. The largest absolute Gasteiger partial charge is 0.454 e. The van der Waals surface area contributed by atoms with Crippen LogP contribution in [-0.2, 0) is 31.3 Å². The molecule has 1 fully saturated rings. The highest BCUT2D eigenvalue weighted by atomic mass is 32.2. The third-order valence-electron chi connectivity index (χ3n) is 4.94. The first-order valence-corrected chi connectivity index (χ1v) is 12.6. The summed E-state index contributed by atoms with van der Waals surface area (Å²) in [5.74, 6) is 1.17. The van der Waals surface area contributed by atoms with Gasteiger partial charge in [-0.3, -0.25) is 0 Å². The van der Waals surface area contributed by atoms with Crippen molar-refractivity contribution in [2.45, 2.75) is 41.7 Å². The molecule has 1 N–H and O–H groups in total. The molecular weight excluding hydrogens is 444 g/mol. The minimum absolute atomic E-state index is 0.00213. The summed E-state index contributed by atoms with van der Waals surface area (Å²) < 4.78 is 71.9. The first-order chi connectivity index (χ1) is 14.8. The van der Waals surface area contributed by atoms with E-state index in [2.05, 4.69) is 9.12 Å². The lowest BCUT2D eigenvalue weighted by molar-refractivity contribution is 0.117. The van der Waals surface area contributed by atoms with Crippen molar-refractivity contribution < 1.29 is 31.0 Å². The van der Waals surface area contributed by atoms with Gasteiger partial charge >= 0.3 is 0 Å². The molecule has 31 heavy (non-hydrogen) atoms. The van der Waals surface area contributed by atoms with E-state index in [4.69, 9.17) is 14.2 Å². The number of nitrogens with one attached hydrogen (secondary N) is 1. The van der Waals surface area contributed by atoms with Crippen LogP contribution in [0.4, 0.5) is 0 Å². The van der Waals surface area contributed by atoms with E-state index in [1.807, 2.05) is 0 Å². The van der Waals surface area contributed by atoms with Gasteiger partial charge in [-0.1, -0.05) is 6.07 Å². The molecule has 0 spiro atoms. The molecule has 4 rings (SSSR count). The molecule has 1 atom stereocenters. The van der Waals surface area contributed by atoms with Crippen LogP contribution in [0.3, 0.4) is 0 Å². The van der Waals surface area contributed by atoms with Crippen LogP contribution in [0.15, 0.2) is 56.7 Å². The van der Waals surface area contributed by atoms with Gasteiger partial charge in [0.05, 0.1) is 15.9 Å². The molecule has 11 heteroatoms. The molecule has 2 heterocycles. The van der Waals surface area contributed by atoms with Crippen molar-refractivity contribution in [3.8, 4) is 11.5 Å².